The van der Waals surface area contributed by atoms with Gasteiger partial charge in [0.15, 0.2) is 17.5 Å². The lowest BCUT2D eigenvalue weighted by Gasteiger charge is -2.38. The van der Waals surface area contributed by atoms with E-state index < -0.39 is 29.6 Å². The van der Waals surface area contributed by atoms with Gasteiger partial charge >= 0.3 is 12.1 Å². The van der Waals surface area contributed by atoms with Crippen LogP contribution in [-0.2, 0) is 28.8 Å². The van der Waals surface area contributed by atoms with Crippen LogP contribution in [0.25, 0.3) is 0 Å². The average Bonchev–Trinajstić information content (AvgIpc) is 3.40. The third-order valence-electron chi connectivity index (χ3n) is 6.64. The minimum atomic E-state index is -4.52. The molecule has 5 rings (SSSR count). The average molecular weight is 556 g/mol. The Morgan fingerprint density at radius 1 is 1.05 bits per heavy atom. The zero-order chi connectivity index (χ0) is 28.4. The van der Waals surface area contributed by atoms with Gasteiger partial charge in [-0.25, -0.2) is 14.2 Å². The van der Waals surface area contributed by atoms with Crippen LogP contribution in [-0.4, -0.2) is 30.7 Å². The van der Waals surface area contributed by atoms with E-state index in [1.165, 1.54) is 31.4 Å². The first-order valence-electron chi connectivity index (χ1n) is 12.3. The predicted octanol–water partition coefficient (Wildman–Crippen LogP) is 5.72. The molecule has 0 amide bonds. The number of halogens is 4. The standard InChI is InChI=1S/C29H25F4N3O4/c1-17-25(27(37)38-2)26(20-6-4-8-22(30)13-20)35-28(34-14-18-9-10-23-24(12-18)40-16-39-23)36(17)15-19-5-3-7-21(11-19)29(31,32)33/h3-13,26H,14-16H2,1-2H3,(H,34,35). The first-order chi connectivity index (χ1) is 19.1. The van der Waals surface area contributed by atoms with Gasteiger partial charge < -0.3 is 24.4 Å². The predicted molar refractivity (Wildman–Crippen MR) is 138 cm³/mol. The highest BCUT2D eigenvalue weighted by Gasteiger charge is 2.36. The van der Waals surface area contributed by atoms with Crippen molar-refractivity contribution in [1.29, 1.82) is 0 Å². The van der Waals surface area contributed by atoms with Crippen molar-refractivity contribution in [1.82, 2.24) is 10.2 Å². The molecule has 2 aliphatic heterocycles. The smallest absolute Gasteiger partial charge is 0.416 e. The lowest BCUT2D eigenvalue weighted by molar-refractivity contribution is -0.138. The number of nitrogens with one attached hydrogen (secondary N) is 1. The second-order valence-corrected chi connectivity index (χ2v) is 9.23. The number of ether oxygens (including phenoxy) is 3. The van der Waals surface area contributed by atoms with Crippen LogP contribution in [0.5, 0.6) is 11.5 Å². The molecule has 0 radical (unpaired) electrons. The molecule has 1 N–H and O–H groups in total. The van der Waals surface area contributed by atoms with Crippen LogP contribution >= 0.6 is 0 Å². The number of aliphatic imine (C=N–C) groups is 1. The van der Waals surface area contributed by atoms with Crippen molar-refractivity contribution in [2.45, 2.75) is 32.2 Å². The molecule has 0 saturated heterocycles. The number of allylic oxidation sites excluding steroid dienone is 1. The summed E-state index contributed by atoms with van der Waals surface area (Å²) in [7, 11) is 1.23. The molecule has 0 aromatic heterocycles. The van der Waals surface area contributed by atoms with E-state index >= 15 is 0 Å². The Morgan fingerprint density at radius 3 is 2.58 bits per heavy atom. The lowest BCUT2D eigenvalue weighted by atomic mass is 9.94. The first kappa shape index (κ1) is 27.0. The van der Waals surface area contributed by atoms with E-state index in [4.69, 9.17) is 19.2 Å². The fourth-order valence-electron chi connectivity index (χ4n) is 4.66. The molecular weight excluding hydrogens is 530 g/mol. The van der Waals surface area contributed by atoms with Crippen LogP contribution in [0.4, 0.5) is 17.6 Å². The number of carbonyl (C=O) groups is 1. The Balaban J connectivity index is 1.58. The van der Waals surface area contributed by atoms with Gasteiger partial charge in [0.25, 0.3) is 0 Å². The molecule has 2 aliphatic rings. The molecule has 1 atom stereocenters. The summed E-state index contributed by atoms with van der Waals surface area (Å²) in [5.74, 6) is 0.326. The molecule has 7 nitrogen and oxygen atoms in total. The number of benzene rings is 3. The molecule has 11 heteroatoms. The number of rotatable bonds is 6. The minimum absolute atomic E-state index is 0.0287. The Labute approximate surface area is 227 Å². The Kier molecular flexibility index (Phi) is 7.38. The minimum Gasteiger partial charge on any atom is -0.466 e. The number of nitrogens with zero attached hydrogens (tertiary/aromatic N) is 2. The monoisotopic (exact) mass is 555 g/mol. The molecule has 3 aromatic carbocycles. The summed E-state index contributed by atoms with van der Waals surface area (Å²) in [6, 6.07) is 15.3. The summed E-state index contributed by atoms with van der Waals surface area (Å²) >= 11 is 0. The number of carbonyl (C=O) groups excluding carboxylic acids is 1. The van der Waals surface area contributed by atoms with Crippen molar-refractivity contribution in [3.05, 3.63) is 106 Å². The van der Waals surface area contributed by atoms with Crippen LogP contribution < -0.4 is 14.8 Å². The van der Waals surface area contributed by atoms with Crippen molar-refractivity contribution in [2.24, 2.45) is 4.99 Å². The highest BCUT2D eigenvalue weighted by molar-refractivity contribution is 5.96. The van der Waals surface area contributed by atoms with E-state index in [0.29, 0.717) is 28.3 Å². The second-order valence-electron chi connectivity index (χ2n) is 9.23. The Hall–Kier alpha value is -4.54. The molecule has 1 unspecified atom stereocenters. The molecule has 0 aliphatic carbocycles. The maximum atomic E-state index is 14.2. The van der Waals surface area contributed by atoms with Crippen molar-refractivity contribution in [2.75, 3.05) is 13.9 Å². The topological polar surface area (TPSA) is 72.4 Å². The van der Waals surface area contributed by atoms with E-state index in [1.54, 1.807) is 36.1 Å². The maximum Gasteiger partial charge on any atom is 0.416 e. The third kappa shape index (κ3) is 5.58. The fraction of sp³-hybridized carbons (Fsp3) is 0.241. The van der Waals surface area contributed by atoms with Crippen LogP contribution in [0, 0.1) is 5.82 Å². The molecule has 208 valence electrons. The van der Waals surface area contributed by atoms with Crippen LogP contribution in [0.1, 0.15) is 35.2 Å². The molecule has 0 spiro atoms. The number of hydrogen-bond donors (Lipinski definition) is 1. The number of hydrogen-bond acceptors (Lipinski definition) is 5. The summed E-state index contributed by atoms with van der Waals surface area (Å²) in [6.45, 7) is 1.92. The molecule has 0 fully saturated rings. The van der Waals surface area contributed by atoms with Gasteiger partial charge in [0.05, 0.1) is 37.4 Å². The van der Waals surface area contributed by atoms with E-state index in [1.807, 2.05) is 6.07 Å². The van der Waals surface area contributed by atoms with E-state index in [9.17, 15) is 22.4 Å². The number of methoxy groups -OCH3 is 1. The summed E-state index contributed by atoms with van der Waals surface area (Å²) in [5, 5.41) is 3.20. The molecular formula is C29H25F4N3O4. The van der Waals surface area contributed by atoms with Crippen molar-refractivity contribution in [3.8, 4) is 11.5 Å². The normalized spacial score (nSPS) is 17.7. The molecule has 2 heterocycles. The number of alkyl halides is 3. The maximum absolute atomic E-state index is 14.2. The van der Waals surface area contributed by atoms with Crippen molar-refractivity contribution in [3.63, 3.8) is 0 Å². The lowest BCUT2D eigenvalue weighted by Crippen LogP contribution is -2.48. The highest BCUT2D eigenvalue weighted by Crippen LogP contribution is 2.35. The Bertz CT molecular complexity index is 1500. The molecule has 0 saturated carbocycles. The quantitative estimate of drug-likeness (QED) is 0.310. The van der Waals surface area contributed by atoms with Gasteiger partial charge in [-0.1, -0.05) is 30.3 Å². The zero-order valence-corrected chi connectivity index (χ0v) is 21.6. The van der Waals surface area contributed by atoms with Gasteiger partial charge in [-0.05, 0) is 60.0 Å². The van der Waals surface area contributed by atoms with Crippen molar-refractivity contribution < 1.29 is 36.6 Å². The highest BCUT2D eigenvalue weighted by atomic mass is 19.4. The second kappa shape index (κ2) is 10.9. The van der Waals surface area contributed by atoms with Gasteiger partial charge in [-0.15, -0.1) is 0 Å². The van der Waals surface area contributed by atoms with Crippen LogP contribution in [0.3, 0.4) is 0 Å². The molecule has 3 aromatic rings. The van der Waals surface area contributed by atoms with Gasteiger partial charge in [0, 0.05) is 5.70 Å². The van der Waals surface area contributed by atoms with E-state index in [0.717, 1.165) is 17.7 Å². The number of fused-ring (bicyclic) bond motifs is 1. The van der Waals surface area contributed by atoms with E-state index in [-0.39, 0.29) is 31.4 Å². The fourth-order valence-corrected chi connectivity index (χ4v) is 4.66. The number of esters is 1. The largest absolute Gasteiger partial charge is 0.466 e. The van der Waals surface area contributed by atoms with E-state index in [2.05, 4.69) is 5.32 Å². The number of guanidine groups is 1. The van der Waals surface area contributed by atoms with Crippen LogP contribution in [0.15, 0.2) is 83.0 Å². The van der Waals surface area contributed by atoms with Gasteiger partial charge in [0.2, 0.25) is 6.79 Å². The SMILES string of the molecule is COC(=O)C1=C(C)N(Cc2cccc(C(F)(F)F)c2)C(=NCc2ccc3c(c2)OCO3)NC1c1cccc(F)c1. The van der Waals surface area contributed by atoms with Crippen molar-refractivity contribution >= 4 is 11.9 Å². The van der Waals surface area contributed by atoms with Gasteiger partial charge in [-0.2, -0.15) is 13.2 Å². The summed E-state index contributed by atoms with van der Waals surface area (Å²) in [4.78, 5) is 19.3. The van der Waals surface area contributed by atoms with Gasteiger partial charge in [0.1, 0.15) is 5.82 Å². The summed E-state index contributed by atoms with van der Waals surface area (Å²) < 4.78 is 70.3. The van der Waals surface area contributed by atoms with Crippen LogP contribution in [0.2, 0.25) is 0 Å². The molecule has 40 heavy (non-hydrogen) atoms. The summed E-state index contributed by atoms with van der Waals surface area (Å²) in [6.07, 6.45) is -4.52. The zero-order valence-electron chi connectivity index (χ0n) is 21.6. The Morgan fingerprint density at radius 2 is 1.82 bits per heavy atom. The van der Waals surface area contributed by atoms with Gasteiger partial charge in [-0.3, -0.25) is 0 Å². The third-order valence-corrected chi connectivity index (χ3v) is 6.64. The summed E-state index contributed by atoms with van der Waals surface area (Å²) in [5.41, 5.74) is 1.39. The first-order valence-corrected chi connectivity index (χ1v) is 12.3. The molecule has 0 bridgehead atoms.